The van der Waals surface area contributed by atoms with Crippen molar-refractivity contribution in [3.63, 3.8) is 0 Å². The maximum atomic E-state index is 11.7. The summed E-state index contributed by atoms with van der Waals surface area (Å²) in [6.07, 6.45) is -0.824. The Labute approximate surface area is 124 Å². The van der Waals surface area contributed by atoms with Gasteiger partial charge >= 0.3 is 6.09 Å². The maximum Gasteiger partial charge on any atom is 0.414 e. The third-order valence-corrected chi connectivity index (χ3v) is 2.47. The second-order valence-corrected chi connectivity index (χ2v) is 5.58. The molecule has 2 amide bonds. The summed E-state index contributed by atoms with van der Waals surface area (Å²) in [4.78, 5) is 23.1. The smallest absolute Gasteiger partial charge is 0.414 e. The fraction of sp³-hybridized carbons (Fsp3) is 0.467. The monoisotopic (exact) mass is 294 g/mol. The molecule has 0 aliphatic rings. The molecule has 0 saturated carbocycles. The molecule has 1 atom stereocenters. The van der Waals surface area contributed by atoms with Crippen LogP contribution in [0.25, 0.3) is 0 Å². The van der Waals surface area contributed by atoms with Crippen LogP contribution in [0.3, 0.4) is 0 Å². The van der Waals surface area contributed by atoms with Crippen molar-refractivity contribution >= 4 is 12.0 Å². The number of hydrogen-bond donors (Lipinski definition) is 2. The molecule has 1 aromatic carbocycles. The number of hydrogen-bond acceptors (Lipinski definition) is 5. The van der Waals surface area contributed by atoms with Crippen LogP contribution in [0.15, 0.2) is 30.3 Å². The summed E-state index contributed by atoms with van der Waals surface area (Å²) in [6.45, 7) is 5.68. The van der Waals surface area contributed by atoms with E-state index in [1.165, 1.54) is 0 Å². The quantitative estimate of drug-likeness (QED) is 0.860. The van der Waals surface area contributed by atoms with E-state index in [0.29, 0.717) is 0 Å². The van der Waals surface area contributed by atoms with Gasteiger partial charge in [-0.2, -0.15) is 0 Å². The third kappa shape index (κ3) is 7.43. The molecule has 1 aromatic rings. The third-order valence-electron chi connectivity index (χ3n) is 2.47. The predicted molar refractivity (Wildman–Crippen MR) is 78.5 cm³/mol. The minimum absolute atomic E-state index is 0.0291. The molecule has 0 fully saturated rings. The summed E-state index contributed by atoms with van der Waals surface area (Å²) in [5.41, 5.74) is 6.07. The minimum Gasteiger partial charge on any atom is -0.444 e. The molecule has 21 heavy (non-hydrogen) atoms. The van der Waals surface area contributed by atoms with Crippen LogP contribution in [0, 0.1) is 0 Å². The second kappa shape index (κ2) is 7.75. The highest BCUT2D eigenvalue weighted by Crippen LogP contribution is 2.06. The van der Waals surface area contributed by atoms with Crippen molar-refractivity contribution in [3.05, 3.63) is 35.9 Å². The van der Waals surface area contributed by atoms with Crippen LogP contribution >= 0.6 is 0 Å². The summed E-state index contributed by atoms with van der Waals surface area (Å²) in [7, 11) is 0. The van der Waals surface area contributed by atoms with E-state index in [2.05, 4.69) is 5.32 Å². The molecule has 0 aliphatic heterocycles. The van der Waals surface area contributed by atoms with Gasteiger partial charge in [-0.1, -0.05) is 30.3 Å². The van der Waals surface area contributed by atoms with Gasteiger partial charge in [0.05, 0.1) is 12.2 Å². The van der Waals surface area contributed by atoms with Crippen LogP contribution in [-0.4, -0.2) is 30.3 Å². The number of carbonyl (C=O) groups is 2. The molecule has 116 valence electrons. The molecule has 0 saturated heterocycles. The van der Waals surface area contributed by atoms with Crippen LogP contribution in [0.5, 0.6) is 0 Å². The Bertz CT molecular complexity index is 468. The molecule has 3 N–H and O–H groups in total. The number of carbonyl (C=O) groups excluding carboxylic acids is 2. The first kappa shape index (κ1) is 17.1. The summed E-state index contributed by atoms with van der Waals surface area (Å²) in [6, 6.07) is 8.24. The SMILES string of the molecule is CC(C)(C)OC[C@H](N)C(=O)NC(=O)OCc1ccccc1. The van der Waals surface area contributed by atoms with Crippen molar-refractivity contribution in [3.8, 4) is 0 Å². The first-order valence-electron chi connectivity index (χ1n) is 6.69. The van der Waals surface area contributed by atoms with Crippen LogP contribution in [-0.2, 0) is 20.9 Å². The van der Waals surface area contributed by atoms with E-state index in [0.717, 1.165) is 5.56 Å². The summed E-state index contributed by atoms with van der Waals surface area (Å²) in [5, 5.41) is 2.08. The average Bonchev–Trinajstić information content (AvgIpc) is 2.42. The van der Waals surface area contributed by atoms with Crippen molar-refractivity contribution in [2.24, 2.45) is 5.73 Å². The zero-order valence-corrected chi connectivity index (χ0v) is 12.6. The fourth-order valence-corrected chi connectivity index (χ4v) is 1.37. The zero-order valence-electron chi connectivity index (χ0n) is 12.6. The van der Waals surface area contributed by atoms with Crippen molar-refractivity contribution in [1.82, 2.24) is 5.32 Å². The van der Waals surface area contributed by atoms with Crippen molar-refractivity contribution in [2.45, 2.75) is 39.0 Å². The number of nitrogens with two attached hydrogens (primary N) is 1. The molecule has 0 aromatic heterocycles. The van der Waals surface area contributed by atoms with E-state index >= 15 is 0 Å². The number of ether oxygens (including phenoxy) is 2. The normalized spacial score (nSPS) is 12.6. The predicted octanol–water partition coefficient (Wildman–Crippen LogP) is 1.58. The van der Waals surface area contributed by atoms with Crippen LogP contribution < -0.4 is 11.1 Å². The first-order chi connectivity index (χ1) is 9.78. The molecule has 0 bridgehead atoms. The van der Waals surface area contributed by atoms with E-state index in [4.69, 9.17) is 15.2 Å². The van der Waals surface area contributed by atoms with E-state index < -0.39 is 23.6 Å². The highest BCUT2D eigenvalue weighted by Gasteiger charge is 2.20. The van der Waals surface area contributed by atoms with Crippen molar-refractivity contribution < 1.29 is 19.1 Å². The fourth-order valence-electron chi connectivity index (χ4n) is 1.37. The highest BCUT2D eigenvalue weighted by molar-refractivity contribution is 5.94. The summed E-state index contributed by atoms with van der Waals surface area (Å²) in [5.74, 6) is -0.627. The molecule has 0 unspecified atom stereocenters. The van der Waals surface area contributed by atoms with Crippen LogP contribution in [0.4, 0.5) is 4.79 Å². The van der Waals surface area contributed by atoms with E-state index in [1.54, 1.807) is 0 Å². The van der Waals surface area contributed by atoms with Crippen molar-refractivity contribution in [2.75, 3.05) is 6.61 Å². The number of benzene rings is 1. The maximum absolute atomic E-state index is 11.7. The highest BCUT2D eigenvalue weighted by atomic mass is 16.5. The molecular formula is C15H22N2O4. The van der Waals surface area contributed by atoms with E-state index in [9.17, 15) is 9.59 Å². The Morgan fingerprint density at radius 1 is 1.24 bits per heavy atom. The molecule has 6 heteroatoms. The second-order valence-electron chi connectivity index (χ2n) is 5.58. The molecule has 0 radical (unpaired) electrons. The van der Waals surface area contributed by atoms with Gasteiger partial charge in [-0.15, -0.1) is 0 Å². The Morgan fingerprint density at radius 3 is 2.43 bits per heavy atom. The molecule has 0 heterocycles. The molecular weight excluding hydrogens is 272 g/mol. The number of nitrogens with one attached hydrogen (secondary N) is 1. The Hall–Kier alpha value is -1.92. The summed E-state index contributed by atoms with van der Waals surface area (Å²) < 4.78 is 10.3. The minimum atomic E-state index is -0.923. The summed E-state index contributed by atoms with van der Waals surface area (Å²) >= 11 is 0. The van der Waals surface area contributed by atoms with Crippen LogP contribution in [0.2, 0.25) is 0 Å². The van der Waals surface area contributed by atoms with Gasteiger partial charge in [0.2, 0.25) is 5.91 Å². The lowest BCUT2D eigenvalue weighted by Crippen LogP contribution is -2.47. The largest absolute Gasteiger partial charge is 0.444 e. The van der Waals surface area contributed by atoms with Gasteiger partial charge in [-0.05, 0) is 26.3 Å². The lowest BCUT2D eigenvalue weighted by Gasteiger charge is -2.21. The lowest BCUT2D eigenvalue weighted by molar-refractivity contribution is -0.124. The Morgan fingerprint density at radius 2 is 1.86 bits per heavy atom. The molecule has 0 spiro atoms. The number of amides is 2. The average molecular weight is 294 g/mol. The van der Waals surface area contributed by atoms with Gasteiger partial charge in [-0.25, -0.2) is 4.79 Å². The lowest BCUT2D eigenvalue weighted by atomic mass is 10.2. The first-order valence-corrected chi connectivity index (χ1v) is 6.69. The van der Waals surface area contributed by atoms with Gasteiger partial charge in [0.1, 0.15) is 12.6 Å². The standard InChI is InChI=1S/C15H22N2O4/c1-15(2,3)21-10-12(16)13(18)17-14(19)20-9-11-7-5-4-6-8-11/h4-8,12H,9-10,16H2,1-3H3,(H,17,18,19)/t12-/m0/s1. The van der Waals surface area contributed by atoms with Gasteiger partial charge in [0, 0.05) is 0 Å². The number of imide groups is 1. The Kier molecular flexibility index (Phi) is 6.33. The van der Waals surface area contributed by atoms with E-state index in [-0.39, 0.29) is 13.2 Å². The van der Waals surface area contributed by atoms with E-state index in [1.807, 2.05) is 51.1 Å². The van der Waals surface area contributed by atoms with Gasteiger partial charge in [0.25, 0.3) is 0 Å². The van der Waals surface area contributed by atoms with Crippen LogP contribution in [0.1, 0.15) is 26.3 Å². The number of alkyl carbamates (subject to hydrolysis) is 1. The molecule has 6 nitrogen and oxygen atoms in total. The van der Waals surface area contributed by atoms with Crippen molar-refractivity contribution in [1.29, 1.82) is 0 Å². The number of rotatable bonds is 5. The van der Waals surface area contributed by atoms with Gasteiger partial charge in [0.15, 0.2) is 0 Å². The van der Waals surface area contributed by atoms with Gasteiger partial charge < -0.3 is 15.2 Å². The topological polar surface area (TPSA) is 90.6 Å². The van der Waals surface area contributed by atoms with Gasteiger partial charge in [-0.3, -0.25) is 10.1 Å². The Balaban J connectivity index is 2.31. The molecule has 0 aliphatic carbocycles. The zero-order chi connectivity index (χ0) is 15.9. The molecule has 1 rings (SSSR count).